The summed E-state index contributed by atoms with van der Waals surface area (Å²) >= 11 is 0. The number of hydrogen-bond acceptors (Lipinski definition) is 7. The van der Waals surface area contributed by atoms with Crippen LogP contribution in [0, 0.1) is 21.4 Å². The Balaban J connectivity index is 2.19. The van der Waals surface area contributed by atoms with E-state index >= 15 is 0 Å². The molecule has 0 spiro atoms. The minimum absolute atomic E-state index is 0.0938. The SMILES string of the molecule is N#Cc1cc([N+](=O)[O-])cnc1NCc1cn[nH]c1N. The van der Waals surface area contributed by atoms with Gasteiger partial charge in [0.05, 0.1) is 11.1 Å². The van der Waals surface area contributed by atoms with Crippen molar-refractivity contribution in [2.75, 3.05) is 11.1 Å². The van der Waals surface area contributed by atoms with E-state index in [-0.39, 0.29) is 17.1 Å². The van der Waals surface area contributed by atoms with Gasteiger partial charge in [0, 0.05) is 18.2 Å². The maximum Gasteiger partial charge on any atom is 0.289 e. The summed E-state index contributed by atoms with van der Waals surface area (Å²) in [7, 11) is 0. The maximum absolute atomic E-state index is 10.6. The highest BCUT2D eigenvalue weighted by molar-refractivity contribution is 5.56. The first-order chi connectivity index (χ1) is 9.11. The van der Waals surface area contributed by atoms with Crippen LogP contribution >= 0.6 is 0 Å². The number of aromatic amines is 1. The molecule has 0 bridgehead atoms. The predicted molar refractivity (Wildman–Crippen MR) is 65.9 cm³/mol. The van der Waals surface area contributed by atoms with Crippen molar-refractivity contribution >= 4 is 17.3 Å². The van der Waals surface area contributed by atoms with E-state index < -0.39 is 4.92 Å². The molecule has 2 aromatic heterocycles. The first-order valence-corrected chi connectivity index (χ1v) is 5.18. The van der Waals surface area contributed by atoms with Gasteiger partial charge >= 0.3 is 0 Å². The largest absolute Gasteiger partial charge is 0.384 e. The van der Waals surface area contributed by atoms with Crippen molar-refractivity contribution in [3.63, 3.8) is 0 Å². The number of nitro groups is 1. The van der Waals surface area contributed by atoms with Gasteiger partial charge in [0.1, 0.15) is 29.5 Å². The van der Waals surface area contributed by atoms with Crippen LogP contribution in [0.3, 0.4) is 0 Å². The first kappa shape index (κ1) is 12.3. The van der Waals surface area contributed by atoms with Crippen LogP contribution in [0.4, 0.5) is 17.3 Å². The van der Waals surface area contributed by atoms with Crippen molar-refractivity contribution < 1.29 is 4.92 Å². The van der Waals surface area contributed by atoms with Crippen LogP contribution in [0.5, 0.6) is 0 Å². The number of nitrogens with one attached hydrogen (secondary N) is 2. The molecule has 0 aliphatic carbocycles. The number of hydrogen-bond donors (Lipinski definition) is 3. The normalized spacial score (nSPS) is 9.84. The average Bonchev–Trinajstić information content (AvgIpc) is 2.81. The lowest BCUT2D eigenvalue weighted by molar-refractivity contribution is -0.385. The van der Waals surface area contributed by atoms with E-state index in [1.165, 1.54) is 0 Å². The van der Waals surface area contributed by atoms with Crippen molar-refractivity contribution in [3.05, 3.63) is 39.7 Å². The number of anilines is 2. The third-order valence-corrected chi connectivity index (χ3v) is 2.40. The Morgan fingerprint density at radius 2 is 2.37 bits per heavy atom. The molecule has 96 valence electrons. The summed E-state index contributed by atoms with van der Waals surface area (Å²) in [4.78, 5) is 13.8. The number of aromatic nitrogens is 3. The minimum atomic E-state index is -0.605. The van der Waals surface area contributed by atoms with Gasteiger partial charge < -0.3 is 11.1 Å². The number of nitrogens with two attached hydrogens (primary N) is 1. The molecule has 0 atom stereocenters. The summed E-state index contributed by atoms with van der Waals surface area (Å²) in [5, 5.41) is 28.7. The molecule has 0 saturated carbocycles. The Hall–Kier alpha value is -3.15. The van der Waals surface area contributed by atoms with E-state index in [1.54, 1.807) is 6.20 Å². The quantitative estimate of drug-likeness (QED) is 0.542. The van der Waals surface area contributed by atoms with Crippen molar-refractivity contribution in [2.24, 2.45) is 0 Å². The lowest BCUT2D eigenvalue weighted by Gasteiger charge is -2.05. The molecule has 9 nitrogen and oxygen atoms in total. The third-order valence-electron chi connectivity index (χ3n) is 2.40. The van der Waals surface area contributed by atoms with E-state index in [0.717, 1.165) is 12.3 Å². The molecular weight excluding hydrogens is 250 g/mol. The van der Waals surface area contributed by atoms with E-state index in [1.807, 2.05) is 6.07 Å². The zero-order valence-corrected chi connectivity index (χ0v) is 9.62. The standard InChI is InChI=1S/C10H9N7O2/c11-2-6-1-8(17(18)19)5-14-10(6)13-3-7-4-15-16-9(7)12/h1,4-5H,3H2,(H,13,14)(H3,12,15,16). The van der Waals surface area contributed by atoms with Crippen molar-refractivity contribution in [2.45, 2.75) is 6.54 Å². The highest BCUT2D eigenvalue weighted by atomic mass is 16.6. The summed E-state index contributed by atoms with van der Waals surface area (Å²) in [5.74, 6) is 0.668. The second-order valence-corrected chi connectivity index (χ2v) is 3.62. The molecular formula is C10H9N7O2. The second kappa shape index (κ2) is 5.01. The topological polar surface area (TPSA) is 147 Å². The molecule has 0 saturated heterocycles. The lowest BCUT2D eigenvalue weighted by Crippen LogP contribution is -2.05. The Kier molecular flexibility index (Phi) is 3.24. The van der Waals surface area contributed by atoms with Crippen LogP contribution in [0.25, 0.3) is 0 Å². The first-order valence-electron chi connectivity index (χ1n) is 5.18. The fourth-order valence-electron chi connectivity index (χ4n) is 1.42. The molecule has 2 aromatic rings. The van der Waals surface area contributed by atoms with Gasteiger partial charge in [-0.3, -0.25) is 15.2 Å². The average molecular weight is 259 g/mol. The number of pyridine rings is 1. The van der Waals surface area contributed by atoms with Gasteiger partial charge in [0.2, 0.25) is 0 Å². The van der Waals surface area contributed by atoms with Crippen LogP contribution in [0.1, 0.15) is 11.1 Å². The number of nitrogens with zero attached hydrogens (tertiary/aromatic N) is 4. The molecule has 4 N–H and O–H groups in total. The number of H-pyrrole nitrogens is 1. The Labute approximate surface area is 107 Å². The van der Waals surface area contributed by atoms with Gasteiger partial charge in [0.15, 0.2) is 0 Å². The van der Waals surface area contributed by atoms with Crippen molar-refractivity contribution in [1.29, 1.82) is 5.26 Å². The summed E-state index contributed by atoms with van der Waals surface area (Å²) in [6.45, 7) is 0.307. The predicted octanol–water partition coefficient (Wildman–Crippen LogP) is 0.779. The molecule has 0 unspecified atom stereocenters. The smallest absolute Gasteiger partial charge is 0.289 e. The molecule has 19 heavy (non-hydrogen) atoms. The molecule has 0 aromatic carbocycles. The molecule has 9 heteroatoms. The van der Waals surface area contributed by atoms with Gasteiger partial charge in [-0.25, -0.2) is 4.98 Å². The molecule has 2 rings (SSSR count). The Morgan fingerprint density at radius 1 is 1.58 bits per heavy atom. The summed E-state index contributed by atoms with van der Waals surface area (Å²) in [6, 6.07) is 3.01. The second-order valence-electron chi connectivity index (χ2n) is 3.62. The molecule has 0 aliphatic rings. The Bertz CT molecular complexity index is 658. The summed E-state index contributed by atoms with van der Waals surface area (Å²) < 4.78 is 0. The molecule has 0 fully saturated rings. The number of nitriles is 1. The number of nitrogen functional groups attached to an aromatic ring is 1. The fourth-order valence-corrected chi connectivity index (χ4v) is 1.42. The highest BCUT2D eigenvalue weighted by Crippen LogP contribution is 2.19. The molecule has 0 radical (unpaired) electrons. The van der Waals surface area contributed by atoms with Gasteiger partial charge in [-0.15, -0.1) is 0 Å². The van der Waals surface area contributed by atoms with E-state index in [0.29, 0.717) is 17.9 Å². The van der Waals surface area contributed by atoms with Gasteiger partial charge in [0.25, 0.3) is 5.69 Å². The lowest BCUT2D eigenvalue weighted by atomic mass is 10.2. The van der Waals surface area contributed by atoms with Crippen molar-refractivity contribution in [1.82, 2.24) is 15.2 Å². The highest BCUT2D eigenvalue weighted by Gasteiger charge is 2.12. The van der Waals surface area contributed by atoms with Gasteiger partial charge in [-0.2, -0.15) is 10.4 Å². The van der Waals surface area contributed by atoms with Gasteiger partial charge in [-0.05, 0) is 0 Å². The van der Waals surface area contributed by atoms with E-state index in [9.17, 15) is 10.1 Å². The van der Waals surface area contributed by atoms with Crippen LogP contribution in [0.15, 0.2) is 18.5 Å². The fraction of sp³-hybridized carbons (Fsp3) is 0.100. The molecule has 0 amide bonds. The van der Waals surface area contributed by atoms with Crippen LogP contribution in [-0.2, 0) is 6.54 Å². The van der Waals surface area contributed by atoms with Crippen molar-refractivity contribution in [3.8, 4) is 6.07 Å². The zero-order valence-electron chi connectivity index (χ0n) is 9.62. The Morgan fingerprint density at radius 3 is 2.95 bits per heavy atom. The van der Waals surface area contributed by atoms with Crippen LogP contribution in [0.2, 0.25) is 0 Å². The van der Waals surface area contributed by atoms with E-state index in [4.69, 9.17) is 11.0 Å². The minimum Gasteiger partial charge on any atom is -0.384 e. The van der Waals surface area contributed by atoms with Crippen LogP contribution < -0.4 is 11.1 Å². The monoisotopic (exact) mass is 259 g/mol. The molecule has 0 aliphatic heterocycles. The van der Waals surface area contributed by atoms with Crippen LogP contribution in [-0.4, -0.2) is 20.1 Å². The van der Waals surface area contributed by atoms with Gasteiger partial charge in [-0.1, -0.05) is 0 Å². The summed E-state index contributed by atoms with van der Waals surface area (Å²) in [6.07, 6.45) is 2.63. The van der Waals surface area contributed by atoms with E-state index in [2.05, 4.69) is 20.5 Å². The maximum atomic E-state index is 10.6. The third kappa shape index (κ3) is 2.58. The molecule has 2 heterocycles. The number of rotatable bonds is 4. The zero-order chi connectivity index (χ0) is 13.8. The summed E-state index contributed by atoms with van der Waals surface area (Å²) in [5.41, 5.74) is 6.18.